The molecule has 2 atom stereocenters. The number of aliphatic hydroxyl groups is 1. The highest BCUT2D eigenvalue weighted by molar-refractivity contribution is 6.00. The van der Waals surface area contributed by atoms with E-state index in [9.17, 15) is 14.7 Å². The van der Waals surface area contributed by atoms with Crippen LogP contribution in [0.25, 0.3) is 0 Å². The quantitative estimate of drug-likeness (QED) is 0.475. The lowest BCUT2D eigenvalue weighted by Crippen LogP contribution is -2.52. The molecule has 0 amide bonds. The molecule has 1 saturated carbocycles. The second-order valence-electron chi connectivity index (χ2n) is 5.35. The van der Waals surface area contributed by atoms with Crippen LogP contribution in [0.5, 0.6) is 0 Å². The van der Waals surface area contributed by atoms with E-state index in [4.69, 9.17) is 9.47 Å². The maximum absolute atomic E-state index is 12.0. The maximum atomic E-state index is 12.0. The summed E-state index contributed by atoms with van der Waals surface area (Å²) in [6, 6.07) is 0. The minimum absolute atomic E-state index is 0.214. The van der Waals surface area contributed by atoms with E-state index in [0.29, 0.717) is 12.8 Å². The number of carbonyl (C=O) groups is 2. The van der Waals surface area contributed by atoms with Crippen LogP contribution in [0.3, 0.4) is 0 Å². The fourth-order valence-corrected chi connectivity index (χ4v) is 2.80. The lowest BCUT2D eigenvalue weighted by atomic mass is 9.62. The average molecular weight is 270 g/mol. The molecule has 1 fully saturated rings. The van der Waals surface area contributed by atoms with Gasteiger partial charge in [0.2, 0.25) is 0 Å². The molecule has 0 aliphatic heterocycles. The van der Waals surface area contributed by atoms with Crippen molar-refractivity contribution >= 4 is 11.9 Å². The zero-order valence-corrected chi connectivity index (χ0v) is 11.8. The minimum Gasteiger partial charge on any atom is -0.468 e. The number of hydrogen-bond donors (Lipinski definition) is 1. The van der Waals surface area contributed by atoms with Crippen molar-refractivity contribution in [2.75, 3.05) is 14.2 Å². The van der Waals surface area contributed by atoms with E-state index in [1.165, 1.54) is 14.2 Å². The summed E-state index contributed by atoms with van der Waals surface area (Å²) in [5.41, 5.74) is -2.22. The summed E-state index contributed by atoms with van der Waals surface area (Å²) < 4.78 is 9.53. The summed E-state index contributed by atoms with van der Waals surface area (Å²) in [7, 11) is 2.50. The zero-order chi connectivity index (χ0) is 14.7. The number of allylic oxidation sites excluding steroid dienone is 1. The Hall–Kier alpha value is -1.36. The van der Waals surface area contributed by atoms with Crippen LogP contribution >= 0.6 is 0 Å². The molecule has 0 aromatic rings. The molecule has 19 heavy (non-hydrogen) atoms. The van der Waals surface area contributed by atoms with Crippen LogP contribution in [0.4, 0.5) is 0 Å². The number of rotatable bonds is 4. The van der Waals surface area contributed by atoms with E-state index in [0.717, 1.165) is 0 Å². The van der Waals surface area contributed by atoms with Crippen molar-refractivity contribution < 1.29 is 24.2 Å². The average Bonchev–Trinajstić information content (AvgIpc) is 2.39. The summed E-state index contributed by atoms with van der Waals surface area (Å²) in [6.07, 6.45) is 3.00. The van der Waals surface area contributed by atoms with Gasteiger partial charge in [0, 0.05) is 0 Å². The SMILES string of the molecule is C=CC[C@@H]1CC(C(=O)OC)(C(=O)OC)CC[C@]1(C)O. The van der Waals surface area contributed by atoms with Gasteiger partial charge in [0.1, 0.15) is 0 Å². The molecule has 0 saturated heterocycles. The summed E-state index contributed by atoms with van der Waals surface area (Å²) in [4.78, 5) is 24.0. The van der Waals surface area contributed by atoms with Gasteiger partial charge >= 0.3 is 11.9 Å². The summed E-state index contributed by atoms with van der Waals surface area (Å²) in [5, 5.41) is 10.4. The van der Waals surface area contributed by atoms with Crippen molar-refractivity contribution in [3.63, 3.8) is 0 Å². The van der Waals surface area contributed by atoms with Crippen LogP contribution in [-0.2, 0) is 19.1 Å². The number of ether oxygens (including phenoxy) is 2. The molecule has 0 aromatic carbocycles. The minimum atomic E-state index is -1.31. The lowest BCUT2D eigenvalue weighted by Gasteiger charge is -2.44. The molecular weight excluding hydrogens is 248 g/mol. The van der Waals surface area contributed by atoms with Gasteiger partial charge in [-0.15, -0.1) is 6.58 Å². The van der Waals surface area contributed by atoms with Crippen molar-refractivity contribution in [3.8, 4) is 0 Å². The first-order chi connectivity index (χ1) is 8.84. The van der Waals surface area contributed by atoms with Gasteiger partial charge in [-0.1, -0.05) is 6.08 Å². The maximum Gasteiger partial charge on any atom is 0.323 e. The Morgan fingerprint density at radius 3 is 2.26 bits per heavy atom. The number of esters is 2. The standard InChI is InChI=1S/C14H22O5/c1-5-6-10-9-14(11(15)18-3,12(16)19-4)8-7-13(10,2)17/h5,10,17H,1,6-9H2,2-4H3/t10-,13+/m1/s1. The summed E-state index contributed by atoms with van der Waals surface area (Å²) in [6.45, 7) is 5.38. The molecule has 1 rings (SSSR count). The molecule has 1 aliphatic carbocycles. The Bertz CT molecular complexity index is 356. The molecule has 0 aromatic heterocycles. The predicted octanol–water partition coefficient (Wildman–Crippen LogP) is 1.45. The molecule has 0 bridgehead atoms. The Labute approximate surface area is 113 Å². The number of methoxy groups -OCH3 is 2. The third-order valence-corrected chi connectivity index (χ3v) is 4.14. The van der Waals surface area contributed by atoms with Crippen molar-refractivity contribution in [1.82, 2.24) is 0 Å². The van der Waals surface area contributed by atoms with Crippen molar-refractivity contribution in [3.05, 3.63) is 12.7 Å². The van der Waals surface area contributed by atoms with Gasteiger partial charge in [0.15, 0.2) is 5.41 Å². The summed E-state index contributed by atoms with van der Waals surface area (Å²) >= 11 is 0. The molecule has 0 unspecified atom stereocenters. The van der Waals surface area contributed by atoms with Gasteiger partial charge in [0.25, 0.3) is 0 Å². The van der Waals surface area contributed by atoms with Crippen LogP contribution in [-0.4, -0.2) is 36.9 Å². The molecule has 0 radical (unpaired) electrons. The Morgan fingerprint density at radius 1 is 1.32 bits per heavy atom. The van der Waals surface area contributed by atoms with E-state index >= 15 is 0 Å². The van der Waals surface area contributed by atoms with Crippen molar-refractivity contribution in [1.29, 1.82) is 0 Å². The van der Waals surface area contributed by atoms with E-state index in [1.54, 1.807) is 13.0 Å². The predicted molar refractivity (Wildman–Crippen MR) is 69.2 cm³/mol. The number of hydrogen-bond acceptors (Lipinski definition) is 5. The monoisotopic (exact) mass is 270 g/mol. The van der Waals surface area contributed by atoms with Gasteiger partial charge in [-0.05, 0) is 38.5 Å². The fourth-order valence-electron chi connectivity index (χ4n) is 2.80. The normalized spacial score (nSPS) is 29.4. The third-order valence-electron chi connectivity index (χ3n) is 4.14. The first-order valence-electron chi connectivity index (χ1n) is 6.34. The van der Waals surface area contributed by atoms with Crippen LogP contribution in [0, 0.1) is 11.3 Å². The second-order valence-corrected chi connectivity index (χ2v) is 5.35. The van der Waals surface area contributed by atoms with E-state index in [1.807, 2.05) is 0 Å². The fraction of sp³-hybridized carbons (Fsp3) is 0.714. The molecule has 5 nitrogen and oxygen atoms in total. The first-order valence-corrected chi connectivity index (χ1v) is 6.34. The molecule has 1 aliphatic rings. The van der Waals surface area contributed by atoms with Crippen LogP contribution in [0.1, 0.15) is 32.6 Å². The Balaban J connectivity index is 3.11. The van der Waals surface area contributed by atoms with Crippen molar-refractivity contribution in [2.45, 2.75) is 38.2 Å². The molecule has 1 N–H and O–H groups in total. The molecule has 5 heteroatoms. The van der Waals surface area contributed by atoms with Gasteiger partial charge < -0.3 is 14.6 Å². The third kappa shape index (κ3) is 2.81. The molecule has 0 spiro atoms. The Kier molecular flexibility index (Phi) is 4.74. The van der Waals surface area contributed by atoms with Gasteiger partial charge in [0.05, 0.1) is 19.8 Å². The van der Waals surface area contributed by atoms with E-state index in [-0.39, 0.29) is 18.8 Å². The molecule has 108 valence electrons. The van der Waals surface area contributed by atoms with E-state index < -0.39 is 23.0 Å². The van der Waals surface area contributed by atoms with Crippen molar-refractivity contribution in [2.24, 2.45) is 11.3 Å². The van der Waals surface area contributed by atoms with Crippen LogP contribution in [0.2, 0.25) is 0 Å². The topological polar surface area (TPSA) is 72.8 Å². The smallest absolute Gasteiger partial charge is 0.323 e. The largest absolute Gasteiger partial charge is 0.468 e. The molecular formula is C14H22O5. The highest BCUT2D eigenvalue weighted by Crippen LogP contribution is 2.47. The lowest BCUT2D eigenvalue weighted by molar-refractivity contribution is -0.179. The first kappa shape index (κ1) is 15.7. The molecule has 0 heterocycles. The highest BCUT2D eigenvalue weighted by Gasteiger charge is 2.55. The summed E-state index contributed by atoms with van der Waals surface area (Å²) in [5.74, 6) is -1.41. The Morgan fingerprint density at radius 2 is 1.84 bits per heavy atom. The highest BCUT2D eigenvalue weighted by atomic mass is 16.5. The van der Waals surface area contributed by atoms with Gasteiger partial charge in [-0.25, -0.2) is 0 Å². The number of carbonyl (C=O) groups excluding carboxylic acids is 2. The van der Waals surface area contributed by atoms with Crippen LogP contribution in [0.15, 0.2) is 12.7 Å². The van der Waals surface area contributed by atoms with Gasteiger partial charge in [-0.2, -0.15) is 0 Å². The van der Waals surface area contributed by atoms with E-state index in [2.05, 4.69) is 6.58 Å². The second kappa shape index (κ2) is 5.74. The van der Waals surface area contributed by atoms with Crippen LogP contribution < -0.4 is 0 Å². The van der Waals surface area contributed by atoms with Gasteiger partial charge in [-0.3, -0.25) is 9.59 Å². The zero-order valence-electron chi connectivity index (χ0n) is 11.8.